The first-order valence-corrected chi connectivity index (χ1v) is 11.2. The maximum absolute atomic E-state index is 11.9. The molecule has 1 aliphatic heterocycles. The Kier molecular flexibility index (Phi) is 5.83. The molecule has 1 aromatic carbocycles. The molecule has 1 N–H and O–H groups in total. The lowest BCUT2D eigenvalue weighted by Gasteiger charge is -2.26. The highest BCUT2D eigenvalue weighted by Gasteiger charge is 2.27. The van der Waals surface area contributed by atoms with Crippen LogP contribution in [0, 0.1) is 11.8 Å². The summed E-state index contributed by atoms with van der Waals surface area (Å²) in [6, 6.07) is 3.66. The molecule has 0 spiro atoms. The van der Waals surface area contributed by atoms with E-state index in [0.717, 1.165) is 15.4 Å². The lowest BCUT2D eigenvalue weighted by molar-refractivity contribution is -0.139. The molecule has 1 fully saturated rings. The summed E-state index contributed by atoms with van der Waals surface area (Å²) in [7, 11) is 0. The summed E-state index contributed by atoms with van der Waals surface area (Å²) in [5, 5.41) is 11.3. The minimum Gasteiger partial charge on any atom is -0.491 e. The molecule has 5 nitrogen and oxygen atoms in total. The van der Waals surface area contributed by atoms with Gasteiger partial charge in [-0.25, -0.2) is 0 Å². The van der Waals surface area contributed by atoms with Crippen molar-refractivity contribution in [1.82, 2.24) is 4.37 Å². The molecular weight excluding hydrogens is 408 g/mol. The molecule has 1 saturated carbocycles. The zero-order valence-corrected chi connectivity index (χ0v) is 18.2. The number of hydrogen-bond acceptors (Lipinski definition) is 5. The Bertz CT molecular complexity index is 1030. The molecule has 0 bridgehead atoms. The van der Waals surface area contributed by atoms with Crippen LogP contribution in [0.2, 0.25) is 5.02 Å². The van der Waals surface area contributed by atoms with Crippen LogP contribution in [0.3, 0.4) is 0 Å². The number of rotatable bonds is 8. The fourth-order valence-corrected chi connectivity index (χ4v) is 4.56. The SMILES string of the molecule is CC(C)CC(C(=O)O)c1cc(Cl)c(N2C=c3cnsc3=CC2)c(OCC2CC2)c1. The van der Waals surface area contributed by atoms with Crippen LogP contribution < -0.4 is 19.4 Å². The molecule has 4 rings (SSSR count). The number of nitrogens with zero attached hydrogens (tertiary/aromatic N) is 2. The Hall–Kier alpha value is -2.05. The Balaban J connectivity index is 1.74. The van der Waals surface area contributed by atoms with E-state index in [0.29, 0.717) is 41.8 Å². The van der Waals surface area contributed by atoms with Crippen LogP contribution >= 0.6 is 23.1 Å². The molecule has 2 heterocycles. The summed E-state index contributed by atoms with van der Waals surface area (Å²) in [5.74, 6) is 0.0725. The van der Waals surface area contributed by atoms with E-state index in [-0.39, 0.29) is 5.92 Å². The van der Waals surface area contributed by atoms with Gasteiger partial charge in [-0.05, 0) is 66.4 Å². The van der Waals surface area contributed by atoms with E-state index in [1.54, 1.807) is 6.07 Å². The van der Waals surface area contributed by atoms with E-state index >= 15 is 0 Å². The normalized spacial score (nSPS) is 16.8. The van der Waals surface area contributed by atoms with Crippen molar-refractivity contribution in [3.05, 3.63) is 38.7 Å². The summed E-state index contributed by atoms with van der Waals surface area (Å²) in [6.07, 6.45) is 8.93. The van der Waals surface area contributed by atoms with Crippen molar-refractivity contribution in [3.8, 4) is 5.75 Å². The van der Waals surface area contributed by atoms with E-state index in [1.165, 1.54) is 24.4 Å². The van der Waals surface area contributed by atoms with Crippen LogP contribution in [0.4, 0.5) is 5.69 Å². The fraction of sp³-hybridized carbons (Fsp3) is 0.455. The van der Waals surface area contributed by atoms with Gasteiger partial charge in [0.15, 0.2) is 0 Å². The van der Waals surface area contributed by atoms with Gasteiger partial charge in [-0.15, -0.1) is 0 Å². The summed E-state index contributed by atoms with van der Waals surface area (Å²) in [5.41, 5.74) is 1.49. The van der Waals surface area contributed by atoms with Gasteiger partial charge in [0.2, 0.25) is 0 Å². The average molecular weight is 433 g/mol. The molecule has 154 valence electrons. The molecule has 1 unspecified atom stereocenters. The first-order valence-electron chi connectivity index (χ1n) is 10.0. The first-order chi connectivity index (χ1) is 13.9. The number of carboxylic acid groups (broad SMARTS) is 1. The molecule has 29 heavy (non-hydrogen) atoms. The van der Waals surface area contributed by atoms with E-state index in [1.807, 2.05) is 32.3 Å². The number of halogens is 1. The monoisotopic (exact) mass is 432 g/mol. The van der Waals surface area contributed by atoms with Gasteiger partial charge < -0.3 is 14.7 Å². The second kappa shape index (κ2) is 8.36. The highest BCUT2D eigenvalue weighted by atomic mass is 35.5. The van der Waals surface area contributed by atoms with Gasteiger partial charge in [0, 0.05) is 24.2 Å². The van der Waals surface area contributed by atoms with Crippen molar-refractivity contribution >= 4 is 47.1 Å². The Morgan fingerprint density at radius 2 is 2.21 bits per heavy atom. The number of fused-ring (bicyclic) bond motifs is 1. The molecule has 1 aromatic heterocycles. The number of aromatic nitrogens is 1. The van der Waals surface area contributed by atoms with E-state index in [4.69, 9.17) is 16.3 Å². The van der Waals surface area contributed by atoms with Gasteiger partial charge in [-0.1, -0.05) is 25.4 Å². The third kappa shape index (κ3) is 4.59. The van der Waals surface area contributed by atoms with Crippen LogP contribution in [0.5, 0.6) is 5.75 Å². The Morgan fingerprint density at radius 1 is 1.41 bits per heavy atom. The number of carbonyl (C=O) groups is 1. The van der Waals surface area contributed by atoms with Crippen molar-refractivity contribution in [3.63, 3.8) is 0 Å². The minimum atomic E-state index is -0.831. The van der Waals surface area contributed by atoms with Crippen molar-refractivity contribution < 1.29 is 14.6 Å². The number of aliphatic carboxylic acids is 1. The van der Waals surface area contributed by atoms with Crippen LogP contribution in [0.1, 0.15) is 44.6 Å². The van der Waals surface area contributed by atoms with Gasteiger partial charge in [0.25, 0.3) is 0 Å². The van der Waals surface area contributed by atoms with Crippen LogP contribution in [-0.4, -0.2) is 28.6 Å². The zero-order chi connectivity index (χ0) is 20.5. The highest BCUT2D eigenvalue weighted by molar-refractivity contribution is 7.03. The predicted molar refractivity (Wildman–Crippen MR) is 117 cm³/mol. The topological polar surface area (TPSA) is 62.7 Å². The third-order valence-corrected chi connectivity index (χ3v) is 6.41. The molecule has 0 saturated heterocycles. The van der Waals surface area contributed by atoms with Gasteiger partial charge in [-0.3, -0.25) is 4.79 Å². The third-order valence-electron chi connectivity index (χ3n) is 5.31. The molecular formula is C22H25ClN2O3S. The summed E-state index contributed by atoms with van der Waals surface area (Å²) in [4.78, 5) is 14.0. The van der Waals surface area contributed by atoms with Crippen molar-refractivity contribution in [2.75, 3.05) is 18.1 Å². The molecule has 0 radical (unpaired) electrons. The number of ether oxygens (including phenoxy) is 1. The minimum absolute atomic E-state index is 0.264. The van der Waals surface area contributed by atoms with Gasteiger partial charge >= 0.3 is 5.97 Å². The Morgan fingerprint density at radius 3 is 2.90 bits per heavy atom. The highest BCUT2D eigenvalue weighted by Crippen LogP contribution is 2.42. The van der Waals surface area contributed by atoms with Crippen LogP contribution in [-0.2, 0) is 4.79 Å². The smallest absolute Gasteiger partial charge is 0.310 e. The fourth-order valence-electron chi connectivity index (χ4n) is 3.59. The second-order valence-electron chi connectivity index (χ2n) is 8.26. The first kappa shape index (κ1) is 20.2. The van der Waals surface area contributed by atoms with E-state index < -0.39 is 11.9 Å². The maximum atomic E-state index is 11.9. The molecule has 2 aliphatic rings. The lowest BCUT2D eigenvalue weighted by atomic mass is 9.90. The van der Waals surface area contributed by atoms with E-state index in [9.17, 15) is 9.90 Å². The van der Waals surface area contributed by atoms with Crippen molar-refractivity contribution in [2.45, 2.75) is 39.0 Å². The molecule has 7 heteroatoms. The lowest BCUT2D eigenvalue weighted by Crippen LogP contribution is -2.32. The molecule has 1 aliphatic carbocycles. The van der Waals surface area contributed by atoms with Gasteiger partial charge in [0.05, 0.1) is 22.1 Å². The largest absolute Gasteiger partial charge is 0.491 e. The van der Waals surface area contributed by atoms with Crippen LogP contribution in [0.25, 0.3) is 12.3 Å². The van der Waals surface area contributed by atoms with Gasteiger partial charge in [-0.2, -0.15) is 4.37 Å². The summed E-state index contributed by atoms with van der Waals surface area (Å²) in [6.45, 7) is 5.36. The zero-order valence-electron chi connectivity index (χ0n) is 16.6. The van der Waals surface area contributed by atoms with Gasteiger partial charge in [0.1, 0.15) is 11.4 Å². The van der Waals surface area contributed by atoms with Crippen LogP contribution in [0.15, 0.2) is 18.3 Å². The number of carboxylic acids is 1. The second-order valence-corrected chi connectivity index (χ2v) is 9.50. The number of benzene rings is 1. The maximum Gasteiger partial charge on any atom is 0.310 e. The van der Waals surface area contributed by atoms with E-state index in [2.05, 4.69) is 15.3 Å². The molecule has 2 aromatic rings. The number of anilines is 1. The quantitative estimate of drug-likeness (QED) is 0.686. The van der Waals surface area contributed by atoms with Crippen molar-refractivity contribution in [2.24, 2.45) is 11.8 Å². The standard InChI is InChI=1S/C22H25ClN2O3S/c1-13(2)7-17(22(26)27)15-8-18(23)21(19(9-15)28-12-14-3-4-14)25-6-5-20-16(11-25)10-24-29-20/h5,8-11,13-14,17H,3-4,6-7,12H2,1-2H3,(H,26,27). The molecule has 0 amide bonds. The molecule has 1 atom stereocenters. The summed E-state index contributed by atoms with van der Waals surface area (Å²) < 4.78 is 11.6. The average Bonchev–Trinajstić information content (AvgIpc) is 3.38. The number of hydrogen-bond donors (Lipinski definition) is 1. The summed E-state index contributed by atoms with van der Waals surface area (Å²) >= 11 is 8.20. The Labute approximate surface area is 179 Å². The van der Waals surface area contributed by atoms with Crippen molar-refractivity contribution in [1.29, 1.82) is 0 Å². The predicted octanol–water partition coefficient (Wildman–Crippen LogP) is 3.84.